The lowest BCUT2D eigenvalue weighted by Gasteiger charge is -2.21. The Bertz CT molecular complexity index is 524. The number of sulfonamides is 1. The van der Waals surface area contributed by atoms with Crippen LogP contribution in [-0.2, 0) is 10.0 Å². The first-order valence-electron chi connectivity index (χ1n) is 6.76. The van der Waals surface area contributed by atoms with Crippen molar-refractivity contribution in [2.24, 2.45) is 0 Å². The number of nitrogens with one attached hydrogen (secondary N) is 1. The van der Waals surface area contributed by atoms with Gasteiger partial charge in [0.2, 0.25) is 10.0 Å². The number of rotatable bonds is 7. The van der Waals surface area contributed by atoms with Crippen LogP contribution in [0.15, 0.2) is 24.3 Å². The van der Waals surface area contributed by atoms with E-state index in [1.54, 1.807) is 7.05 Å². The highest BCUT2D eigenvalue weighted by Crippen LogP contribution is 2.21. The molecule has 5 heteroatoms. The zero-order valence-electron chi connectivity index (χ0n) is 11.6. The third-order valence-electron chi connectivity index (χ3n) is 3.46. The van der Waals surface area contributed by atoms with Crippen LogP contribution >= 0.6 is 0 Å². The van der Waals surface area contributed by atoms with Crippen molar-refractivity contribution in [3.05, 3.63) is 29.8 Å². The van der Waals surface area contributed by atoms with Crippen molar-refractivity contribution in [3.63, 3.8) is 0 Å². The van der Waals surface area contributed by atoms with Crippen LogP contribution in [0.1, 0.15) is 24.8 Å². The summed E-state index contributed by atoms with van der Waals surface area (Å²) in [6.07, 6.45) is 3.13. The first-order valence-corrected chi connectivity index (χ1v) is 8.37. The number of hydrogen-bond donors (Lipinski definition) is 1. The first-order chi connectivity index (χ1) is 9.00. The lowest BCUT2D eigenvalue weighted by atomic mass is 10.2. The Balaban J connectivity index is 1.92. The van der Waals surface area contributed by atoms with Gasteiger partial charge in [0.15, 0.2) is 0 Å². The third-order valence-corrected chi connectivity index (χ3v) is 5.30. The van der Waals surface area contributed by atoms with E-state index < -0.39 is 10.0 Å². The van der Waals surface area contributed by atoms with Crippen LogP contribution in [-0.4, -0.2) is 33.8 Å². The molecular weight excluding hydrogens is 260 g/mol. The molecule has 1 aliphatic rings. The summed E-state index contributed by atoms with van der Waals surface area (Å²) in [6.45, 7) is 2.71. The fourth-order valence-electron chi connectivity index (χ4n) is 2.05. The van der Waals surface area contributed by atoms with Gasteiger partial charge < -0.3 is 5.32 Å². The van der Waals surface area contributed by atoms with Gasteiger partial charge in [0.25, 0.3) is 0 Å². The fraction of sp³-hybridized carbons (Fsp3) is 0.571. The molecule has 1 aromatic rings. The Morgan fingerprint density at radius 2 is 2.00 bits per heavy atom. The topological polar surface area (TPSA) is 49.4 Å². The number of para-hydroxylation sites is 1. The highest BCUT2D eigenvalue weighted by molar-refractivity contribution is 7.92. The predicted molar refractivity (Wildman–Crippen MR) is 79.0 cm³/mol. The van der Waals surface area contributed by atoms with Crippen molar-refractivity contribution >= 4 is 15.7 Å². The molecule has 0 aromatic heterocycles. The van der Waals surface area contributed by atoms with E-state index in [-0.39, 0.29) is 5.75 Å². The molecular formula is C14H22N2O2S. The molecule has 0 amide bonds. The van der Waals surface area contributed by atoms with Crippen LogP contribution in [0, 0.1) is 6.92 Å². The van der Waals surface area contributed by atoms with Crippen molar-refractivity contribution in [2.45, 2.75) is 32.2 Å². The normalized spacial score (nSPS) is 15.5. The van der Waals surface area contributed by atoms with Gasteiger partial charge in [-0.05, 0) is 44.4 Å². The maximum atomic E-state index is 12.2. The van der Waals surface area contributed by atoms with Crippen LogP contribution in [0.3, 0.4) is 0 Å². The number of aryl methyl sites for hydroxylation is 1. The van der Waals surface area contributed by atoms with Crippen molar-refractivity contribution in [3.8, 4) is 0 Å². The van der Waals surface area contributed by atoms with Crippen molar-refractivity contribution < 1.29 is 8.42 Å². The average molecular weight is 282 g/mol. The summed E-state index contributed by atoms with van der Waals surface area (Å²) in [7, 11) is -1.59. The molecule has 0 aliphatic heterocycles. The summed E-state index contributed by atoms with van der Waals surface area (Å²) in [5, 5.41) is 3.34. The predicted octanol–water partition coefficient (Wildman–Crippen LogP) is 1.90. The molecule has 0 heterocycles. The minimum Gasteiger partial charge on any atom is -0.314 e. The van der Waals surface area contributed by atoms with Crippen LogP contribution in [0.2, 0.25) is 0 Å². The standard InChI is InChI=1S/C14H22N2O2S/c1-12-6-3-4-7-14(12)16(2)19(17,18)11-5-10-15-13-8-9-13/h3-4,6-7,13,15H,5,8-11H2,1-2H3. The lowest BCUT2D eigenvalue weighted by Crippen LogP contribution is -2.31. The second-order valence-electron chi connectivity index (χ2n) is 5.15. The van der Waals surface area contributed by atoms with Crippen molar-refractivity contribution in [1.82, 2.24) is 5.32 Å². The van der Waals surface area contributed by atoms with Crippen LogP contribution < -0.4 is 9.62 Å². The summed E-state index contributed by atoms with van der Waals surface area (Å²) >= 11 is 0. The Labute approximate surface area is 115 Å². The van der Waals surface area contributed by atoms with E-state index >= 15 is 0 Å². The van der Waals surface area contributed by atoms with Crippen LogP contribution in [0.4, 0.5) is 5.69 Å². The van der Waals surface area contributed by atoms with E-state index in [1.807, 2.05) is 31.2 Å². The van der Waals surface area contributed by atoms with Gasteiger partial charge in [-0.15, -0.1) is 0 Å². The zero-order chi connectivity index (χ0) is 13.9. The van der Waals surface area contributed by atoms with Gasteiger partial charge in [0.05, 0.1) is 11.4 Å². The average Bonchev–Trinajstić information content (AvgIpc) is 3.18. The molecule has 1 fully saturated rings. The molecule has 0 unspecified atom stereocenters. The monoisotopic (exact) mass is 282 g/mol. The molecule has 19 heavy (non-hydrogen) atoms. The summed E-state index contributed by atoms with van der Waals surface area (Å²) in [4.78, 5) is 0. The molecule has 0 radical (unpaired) electrons. The minimum absolute atomic E-state index is 0.192. The third kappa shape index (κ3) is 3.94. The van der Waals surface area contributed by atoms with E-state index in [1.165, 1.54) is 17.1 Å². The Morgan fingerprint density at radius 3 is 2.63 bits per heavy atom. The number of benzene rings is 1. The fourth-order valence-corrected chi connectivity index (χ4v) is 3.34. The van der Waals surface area contributed by atoms with Crippen molar-refractivity contribution in [1.29, 1.82) is 0 Å². The number of anilines is 1. The maximum Gasteiger partial charge on any atom is 0.234 e. The molecule has 0 bridgehead atoms. The molecule has 1 aromatic carbocycles. The molecule has 0 saturated heterocycles. The Morgan fingerprint density at radius 1 is 1.32 bits per heavy atom. The minimum atomic E-state index is -3.22. The van der Waals surface area contributed by atoms with Gasteiger partial charge in [0.1, 0.15) is 0 Å². The van der Waals surface area contributed by atoms with Crippen LogP contribution in [0.25, 0.3) is 0 Å². The van der Waals surface area contributed by atoms with E-state index in [0.717, 1.165) is 17.8 Å². The first kappa shape index (κ1) is 14.3. The van der Waals surface area contributed by atoms with E-state index in [2.05, 4.69) is 5.32 Å². The van der Waals surface area contributed by atoms with Crippen LogP contribution in [0.5, 0.6) is 0 Å². The van der Waals surface area contributed by atoms with Gasteiger partial charge >= 0.3 is 0 Å². The van der Waals surface area contributed by atoms with Gasteiger partial charge in [-0.3, -0.25) is 4.31 Å². The van der Waals surface area contributed by atoms with Gasteiger partial charge in [-0.1, -0.05) is 18.2 Å². The molecule has 2 rings (SSSR count). The van der Waals surface area contributed by atoms with E-state index in [4.69, 9.17) is 0 Å². The largest absolute Gasteiger partial charge is 0.314 e. The summed E-state index contributed by atoms with van der Waals surface area (Å²) in [6, 6.07) is 8.18. The smallest absolute Gasteiger partial charge is 0.234 e. The summed E-state index contributed by atoms with van der Waals surface area (Å²) in [5.41, 5.74) is 1.74. The second-order valence-corrected chi connectivity index (χ2v) is 7.27. The van der Waals surface area contributed by atoms with Crippen molar-refractivity contribution in [2.75, 3.05) is 23.7 Å². The van der Waals surface area contributed by atoms with Gasteiger partial charge in [-0.2, -0.15) is 0 Å². The summed E-state index contributed by atoms with van der Waals surface area (Å²) in [5.74, 6) is 0.192. The lowest BCUT2D eigenvalue weighted by molar-refractivity contribution is 0.586. The quantitative estimate of drug-likeness (QED) is 0.777. The van der Waals surface area contributed by atoms with E-state index in [9.17, 15) is 8.42 Å². The second kappa shape index (κ2) is 5.92. The number of hydrogen-bond acceptors (Lipinski definition) is 3. The van der Waals surface area contributed by atoms with E-state index in [0.29, 0.717) is 12.5 Å². The molecule has 0 spiro atoms. The Hall–Kier alpha value is -1.07. The highest BCUT2D eigenvalue weighted by atomic mass is 32.2. The zero-order valence-corrected chi connectivity index (χ0v) is 12.4. The highest BCUT2D eigenvalue weighted by Gasteiger charge is 2.22. The molecule has 4 nitrogen and oxygen atoms in total. The SMILES string of the molecule is Cc1ccccc1N(C)S(=O)(=O)CCCNC1CC1. The van der Waals surface area contributed by atoms with Gasteiger partial charge in [0, 0.05) is 13.1 Å². The Kier molecular flexibility index (Phi) is 4.47. The van der Waals surface area contributed by atoms with Gasteiger partial charge in [-0.25, -0.2) is 8.42 Å². The molecule has 1 N–H and O–H groups in total. The molecule has 106 valence electrons. The summed E-state index contributed by atoms with van der Waals surface area (Å²) < 4.78 is 25.9. The maximum absolute atomic E-state index is 12.2. The molecule has 1 aliphatic carbocycles. The molecule has 0 atom stereocenters. The molecule has 1 saturated carbocycles. The number of nitrogens with zero attached hydrogens (tertiary/aromatic N) is 1.